The Morgan fingerprint density at radius 1 is 1.20 bits per heavy atom. The van der Waals surface area contributed by atoms with E-state index in [9.17, 15) is 0 Å². The van der Waals surface area contributed by atoms with Gasteiger partial charge in [0, 0.05) is 17.5 Å². The Hall–Kier alpha value is -1.22. The molecule has 2 N–H and O–H groups in total. The Labute approximate surface area is 90.2 Å². The Bertz CT molecular complexity index is 336. The number of methoxy groups -OCH3 is 2. The lowest BCUT2D eigenvalue weighted by atomic mass is 9.94. The summed E-state index contributed by atoms with van der Waals surface area (Å²) in [5.41, 5.74) is 7.07. The monoisotopic (exact) mass is 207 g/mol. The molecule has 1 fully saturated rings. The van der Waals surface area contributed by atoms with Crippen molar-refractivity contribution in [1.29, 1.82) is 0 Å². The van der Waals surface area contributed by atoms with E-state index in [0.29, 0.717) is 6.54 Å². The van der Waals surface area contributed by atoms with Gasteiger partial charge in [0.25, 0.3) is 0 Å². The molecular weight excluding hydrogens is 190 g/mol. The van der Waals surface area contributed by atoms with Crippen LogP contribution in [0.4, 0.5) is 0 Å². The van der Waals surface area contributed by atoms with Gasteiger partial charge in [0.1, 0.15) is 11.5 Å². The zero-order chi connectivity index (χ0) is 10.9. The van der Waals surface area contributed by atoms with Crippen molar-refractivity contribution in [1.82, 2.24) is 0 Å². The van der Waals surface area contributed by atoms with E-state index in [4.69, 9.17) is 15.2 Å². The normalized spacial score (nSPS) is 17.3. The van der Waals surface area contributed by atoms with Gasteiger partial charge in [0.05, 0.1) is 14.2 Å². The molecule has 1 aliphatic rings. The summed E-state index contributed by atoms with van der Waals surface area (Å²) in [5.74, 6) is 1.77. The van der Waals surface area contributed by atoms with Gasteiger partial charge in [-0.3, -0.25) is 0 Å². The largest absolute Gasteiger partial charge is 0.496 e. The van der Waals surface area contributed by atoms with Crippen LogP contribution in [0.5, 0.6) is 11.5 Å². The second-order valence-corrected chi connectivity index (χ2v) is 4.02. The fourth-order valence-corrected chi connectivity index (χ4v) is 2.08. The molecule has 3 nitrogen and oxygen atoms in total. The van der Waals surface area contributed by atoms with Crippen molar-refractivity contribution in [3.63, 3.8) is 0 Å². The van der Waals surface area contributed by atoms with Gasteiger partial charge in [-0.05, 0) is 25.0 Å². The van der Waals surface area contributed by atoms with Gasteiger partial charge < -0.3 is 15.2 Å². The van der Waals surface area contributed by atoms with Crippen LogP contribution in [0.3, 0.4) is 0 Å². The van der Waals surface area contributed by atoms with Crippen molar-refractivity contribution in [3.05, 3.63) is 23.8 Å². The van der Waals surface area contributed by atoms with E-state index in [1.165, 1.54) is 0 Å². The average Bonchev–Trinajstić information content (AvgIpc) is 3.08. The van der Waals surface area contributed by atoms with E-state index in [2.05, 4.69) is 0 Å². The van der Waals surface area contributed by atoms with E-state index in [1.807, 2.05) is 18.2 Å². The van der Waals surface area contributed by atoms with Gasteiger partial charge >= 0.3 is 0 Å². The number of nitrogens with two attached hydrogens (primary N) is 1. The third-order valence-corrected chi connectivity index (χ3v) is 3.20. The first-order valence-electron chi connectivity index (χ1n) is 5.19. The number of hydrogen-bond acceptors (Lipinski definition) is 3. The molecule has 0 bridgehead atoms. The van der Waals surface area contributed by atoms with Gasteiger partial charge in [0.15, 0.2) is 0 Å². The van der Waals surface area contributed by atoms with Crippen LogP contribution in [0.25, 0.3) is 0 Å². The molecule has 2 rings (SSSR count). The maximum atomic E-state index is 5.84. The maximum Gasteiger partial charge on any atom is 0.126 e. The summed E-state index contributed by atoms with van der Waals surface area (Å²) in [7, 11) is 3.37. The summed E-state index contributed by atoms with van der Waals surface area (Å²) >= 11 is 0. The van der Waals surface area contributed by atoms with Crippen molar-refractivity contribution in [2.24, 2.45) is 5.73 Å². The zero-order valence-electron chi connectivity index (χ0n) is 9.25. The summed E-state index contributed by atoms with van der Waals surface area (Å²) < 4.78 is 10.8. The fraction of sp³-hybridized carbons (Fsp3) is 0.500. The molecule has 0 radical (unpaired) electrons. The molecule has 0 spiro atoms. The number of ether oxygens (including phenoxy) is 2. The molecule has 82 valence electrons. The third-order valence-electron chi connectivity index (χ3n) is 3.20. The van der Waals surface area contributed by atoms with Crippen LogP contribution in [-0.4, -0.2) is 20.8 Å². The minimum Gasteiger partial charge on any atom is -0.496 e. The molecule has 0 saturated heterocycles. The van der Waals surface area contributed by atoms with E-state index in [0.717, 1.165) is 29.9 Å². The lowest BCUT2D eigenvalue weighted by Gasteiger charge is -2.19. The van der Waals surface area contributed by atoms with Crippen LogP contribution in [-0.2, 0) is 5.41 Å². The average molecular weight is 207 g/mol. The lowest BCUT2D eigenvalue weighted by molar-refractivity contribution is 0.377. The van der Waals surface area contributed by atoms with Gasteiger partial charge in [0.2, 0.25) is 0 Å². The number of hydrogen-bond donors (Lipinski definition) is 1. The first-order chi connectivity index (χ1) is 7.27. The maximum absolute atomic E-state index is 5.84. The van der Waals surface area contributed by atoms with Crippen molar-refractivity contribution in [2.45, 2.75) is 18.3 Å². The minimum absolute atomic E-state index is 0.0952. The van der Waals surface area contributed by atoms with Crippen molar-refractivity contribution in [3.8, 4) is 11.5 Å². The Kier molecular flexibility index (Phi) is 2.57. The number of benzene rings is 1. The van der Waals surface area contributed by atoms with Crippen molar-refractivity contribution >= 4 is 0 Å². The van der Waals surface area contributed by atoms with Gasteiger partial charge in [-0.15, -0.1) is 0 Å². The molecule has 3 heteroatoms. The topological polar surface area (TPSA) is 44.5 Å². The van der Waals surface area contributed by atoms with E-state index < -0.39 is 0 Å². The molecule has 1 saturated carbocycles. The van der Waals surface area contributed by atoms with Crippen LogP contribution >= 0.6 is 0 Å². The van der Waals surface area contributed by atoms with E-state index >= 15 is 0 Å². The van der Waals surface area contributed by atoms with Crippen LogP contribution in [0.15, 0.2) is 18.2 Å². The smallest absolute Gasteiger partial charge is 0.126 e. The Morgan fingerprint density at radius 3 is 2.07 bits per heavy atom. The van der Waals surface area contributed by atoms with E-state index in [1.54, 1.807) is 14.2 Å². The van der Waals surface area contributed by atoms with Crippen LogP contribution < -0.4 is 15.2 Å². The minimum atomic E-state index is 0.0952. The highest BCUT2D eigenvalue weighted by atomic mass is 16.5. The van der Waals surface area contributed by atoms with Crippen LogP contribution in [0.1, 0.15) is 18.4 Å². The van der Waals surface area contributed by atoms with Gasteiger partial charge in [-0.25, -0.2) is 0 Å². The first kappa shape index (κ1) is 10.3. The Morgan fingerprint density at radius 2 is 1.73 bits per heavy atom. The predicted octanol–water partition coefficient (Wildman–Crippen LogP) is 1.69. The SMILES string of the molecule is COc1cccc(OC)c1C1(CN)CC1. The first-order valence-corrected chi connectivity index (χ1v) is 5.19. The van der Waals surface area contributed by atoms with Crippen molar-refractivity contribution in [2.75, 3.05) is 20.8 Å². The van der Waals surface area contributed by atoms with Gasteiger partial charge in [-0.2, -0.15) is 0 Å². The van der Waals surface area contributed by atoms with E-state index in [-0.39, 0.29) is 5.41 Å². The number of rotatable bonds is 4. The summed E-state index contributed by atoms with van der Waals surface area (Å²) in [6, 6.07) is 5.87. The molecule has 1 aromatic rings. The third kappa shape index (κ3) is 1.57. The summed E-state index contributed by atoms with van der Waals surface area (Å²) in [6.45, 7) is 0.656. The molecular formula is C12H17NO2. The predicted molar refractivity (Wildman–Crippen MR) is 59.5 cm³/mol. The summed E-state index contributed by atoms with van der Waals surface area (Å²) in [5, 5.41) is 0. The molecule has 1 aliphatic carbocycles. The molecule has 0 amide bonds. The second kappa shape index (κ2) is 3.74. The molecule has 0 aromatic heterocycles. The lowest BCUT2D eigenvalue weighted by Crippen LogP contribution is -2.21. The quantitative estimate of drug-likeness (QED) is 0.817. The zero-order valence-corrected chi connectivity index (χ0v) is 9.25. The standard InChI is InChI=1S/C12H17NO2/c1-14-9-4-3-5-10(15-2)11(9)12(8-13)6-7-12/h3-5H,6-8,13H2,1-2H3. The molecule has 15 heavy (non-hydrogen) atoms. The molecule has 0 unspecified atom stereocenters. The highest BCUT2D eigenvalue weighted by Crippen LogP contribution is 2.53. The molecule has 1 aromatic carbocycles. The second-order valence-electron chi connectivity index (χ2n) is 4.02. The van der Waals surface area contributed by atoms with Gasteiger partial charge in [-0.1, -0.05) is 6.07 Å². The van der Waals surface area contributed by atoms with Crippen LogP contribution in [0.2, 0.25) is 0 Å². The molecule has 0 heterocycles. The summed E-state index contributed by atoms with van der Waals surface area (Å²) in [6.07, 6.45) is 2.25. The molecule has 0 atom stereocenters. The highest BCUT2D eigenvalue weighted by molar-refractivity contribution is 5.52. The van der Waals surface area contributed by atoms with Crippen molar-refractivity contribution < 1.29 is 9.47 Å². The molecule has 0 aliphatic heterocycles. The fourth-order valence-electron chi connectivity index (χ4n) is 2.08. The Balaban J connectivity index is 2.51. The highest BCUT2D eigenvalue weighted by Gasteiger charge is 2.46. The summed E-state index contributed by atoms with van der Waals surface area (Å²) in [4.78, 5) is 0. The van der Waals surface area contributed by atoms with Crippen LogP contribution in [0, 0.1) is 0 Å².